The van der Waals surface area contributed by atoms with Gasteiger partial charge < -0.3 is 10.1 Å². The maximum absolute atomic E-state index is 12.4. The molecule has 1 heterocycles. The predicted octanol–water partition coefficient (Wildman–Crippen LogP) is 4.64. The van der Waals surface area contributed by atoms with Crippen LogP contribution in [0.5, 0.6) is 0 Å². The summed E-state index contributed by atoms with van der Waals surface area (Å²) in [5, 5.41) is 3.46. The van der Waals surface area contributed by atoms with Crippen LogP contribution in [0.2, 0.25) is 5.02 Å². The van der Waals surface area contributed by atoms with Crippen molar-refractivity contribution in [2.45, 2.75) is 19.6 Å². The van der Waals surface area contributed by atoms with Gasteiger partial charge in [-0.05, 0) is 30.7 Å². The number of benzene rings is 2. The number of hydrogen-bond donors (Lipinski definition) is 1. The third kappa shape index (κ3) is 3.53. The number of anilines is 1. The second-order valence-electron chi connectivity index (χ2n) is 5.36. The molecule has 1 atom stereocenters. The number of halogens is 2. The second kappa shape index (κ2) is 7.47. The molecular formula is C18H16BrClN2O2. The van der Waals surface area contributed by atoms with Crippen LogP contribution in [-0.4, -0.2) is 24.5 Å². The molecule has 24 heavy (non-hydrogen) atoms. The van der Waals surface area contributed by atoms with E-state index in [1.165, 1.54) is 0 Å². The molecule has 1 unspecified atom stereocenters. The minimum atomic E-state index is -0.901. The number of ether oxygens (including phenoxy) is 1. The number of carbonyl (C=O) groups is 1. The average Bonchev–Trinajstić information content (AvgIpc) is 2.70. The molecule has 1 aliphatic rings. The van der Waals surface area contributed by atoms with E-state index in [-0.39, 0.29) is 5.91 Å². The Bertz CT molecular complexity index is 807. The fourth-order valence-corrected chi connectivity index (χ4v) is 3.06. The van der Waals surface area contributed by atoms with Gasteiger partial charge in [-0.1, -0.05) is 52.7 Å². The first kappa shape index (κ1) is 17.1. The van der Waals surface area contributed by atoms with Crippen molar-refractivity contribution < 1.29 is 9.53 Å². The molecule has 2 aromatic rings. The number of hydrogen-bond acceptors (Lipinski definition) is 3. The Balaban J connectivity index is 2.17. The summed E-state index contributed by atoms with van der Waals surface area (Å²) < 4.78 is 6.51. The Morgan fingerprint density at radius 2 is 2.04 bits per heavy atom. The number of rotatable bonds is 4. The molecule has 1 N–H and O–H groups in total. The summed E-state index contributed by atoms with van der Waals surface area (Å²) in [5.41, 5.74) is 2.88. The van der Waals surface area contributed by atoms with Crippen LogP contribution >= 0.6 is 27.5 Å². The normalized spacial score (nSPS) is 16.9. The standard InChI is InChI=1S/C18H16BrClN2O2/c1-2-9-24-18-17(23)21-15-8-7-11(19)10-13(15)16(22-18)12-5-3-4-6-14(12)20/h3-8,10,18H,2,9H2,1H3,(H,21,23). The van der Waals surface area contributed by atoms with Crippen LogP contribution < -0.4 is 5.32 Å². The number of benzodiazepines with no additional fused rings is 1. The molecule has 0 bridgehead atoms. The van der Waals surface area contributed by atoms with Gasteiger partial charge in [0, 0.05) is 27.2 Å². The van der Waals surface area contributed by atoms with Crippen molar-refractivity contribution >= 4 is 44.8 Å². The third-order valence-electron chi connectivity index (χ3n) is 3.57. The first-order chi connectivity index (χ1) is 11.6. The fraction of sp³-hybridized carbons (Fsp3) is 0.222. The van der Waals surface area contributed by atoms with Crippen molar-refractivity contribution in [2.75, 3.05) is 11.9 Å². The molecule has 1 amide bonds. The minimum Gasteiger partial charge on any atom is -0.348 e. The van der Waals surface area contributed by atoms with Crippen molar-refractivity contribution in [3.05, 3.63) is 63.1 Å². The molecule has 6 heteroatoms. The van der Waals surface area contributed by atoms with Crippen LogP contribution in [0.1, 0.15) is 24.5 Å². The van der Waals surface area contributed by atoms with Gasteiger partial charge in [0.25, 0.3) is 5.91 Å². The van der Waals surface area contributed by atoms with Gasteiger partial charge in [0.15, 0.2) is 0 Å². The van der Waals surface area contributed by atoms with Crippen LogP contribution in [0.25, 0.3) is 0 Å². The van der Waals surface area contributed by atoms with E-state index in [9.17, 15) is 4.79 Å². The highest BCUT2D eigenvalue weighted by atomic mass is 79.9. The summed E-state index contributed by atoms with van der Waals surface area (Å²) in [6, 6.07) is 13.1. The highest BCUT2D eigenvalue weighted by Gasteiger charge is 2.27. The zero-order valence-corrected chi connectivity index (χ0v) is 15.4. The summed E-state index contributed by atoms with van der Waals surface area (Å²) >= 11 is 9.84. The minimum absolute atomic E-state index is 0.283. The van der Waals surface area contributed by atoms with E-state index >= 15 is 0 Å². The van der Waals surface area contributed by atoms with E-state index in [4.69, 9.17) is 16.3 Å². The highest BCUT2D eigenvalue weighted by Crippen LogP contribution is 2.30. The molecule has 124 valence electrons. The van der Waals surface area contributed by atoms with Gasteiger partial charge >= 0.3 is 0 Å². The molecule has 0 aliphatic carbocycles. The number of nitrogens with zero attached hydrogens (tertiary/aromatic N) is 1. The lowest BCUT2D eigenvalue weighted by Gasteiger charge is -2.12. The molecule has 0 radical (unpaired) electrons. The maximum atomic E-state index is 12.4. The van der Waals surface area contributed by atoms with Gasteiger partial charge in [0.2, 0.25) is 6.23 Å². The molecule has 0 aromatic heterocycles. The SMILES string of the molecule is CCCOC1N=C(c2ccccc2Cl)c2cc(Br)ccc2NC1=O. The first-order valence-corrected chi connectivity index (χ1v) is 8.82. The van der Waals surface area contributed by atoms with Crippen LogP contribution in [-0.2, 0) is 9.53 Å². The van der Waals surface area contributed by atoms with Gasteiger partial charge in [0.1, 0.15) is 0 Å². The quantitative estimate of drug-likeness (QED) is 0.802. The molecular weight excluding hydrogens is 392 g/mol. The molecule has 0 fully saturated rings. The van der Waals surface area contributed by atoms with Crippen LogP contribution in [0.15, 0.2) is 51.9 Å². The van der Waals surface area contributed by atoms with Crippen LogP contribution in [0, 0.1) is 0 Å². The lowest BCUT2D eigenvalue weighted by Crippen LogP contribution is -2.28. The number of nitrogens with one attached hydrogen (secondary N) is 1. The molecule has 0 saturated carbocycles. The Kier molecular flexibility index (Phi) is 5.33. The number of carbonyl (C=O) groups excluding carboxylic acids is 1. The van der Waals surface area contributed by atoms with E-state index < -0.39 is 6.23 Å². The van der Waals surface area contributed by atoms with Gasteiger partial charge in [0.05, 0.1) is 11.4 Å². The van der Waals surface area contributed by atoms with Gasteiger partial charge in [-0.2, -0.15) is 0 Å². The van der Waals surface area contributed by atoms with E-state index in [1.54, 1.807) is 6.07 Å². The van der Waals surface area contributed by atoms with Gasteiger partial charge in [-0.15, -0.1) is 0 Å². The highest BCUT2D eigenvalue weighted by molar-refractivity contribution is 9.10. The second-order valence-corrected chi connectivity index (χ2v) is 6.68. The number of fused-ring (bicyclic) bond motifs is 1. The zero-order valence-electron chi connectivity index (χ0n) is 13.1. The topological polar surface area (TPSA) is 50.7 Å². The number of aliphatic imine (C=N–C) groups is 1. The van der Waals surface area contributed by atoms with E-state index in [1.807, 2.05) is 43.3 Å². The summed E-state index contributed by atoms with van der Waals surface area (Å²) in [7, 11) is 0. The molecule has 1 aliphatic heterocycles. The van der Waals surface area contributed by atoms with Gasteiger partial charge in [-0.3, -0.25) is 4.79 Å². The monoisotopic (exact) mass is 406 g/mol. The Morgan fingerprint density at radius 3 is 2.79 bits per heavy atom. The van der Waals surface area contributed by atoms with Crippen molar-refractivity contribution in [1.29, 1.82) is 0 Å². The van der Waals surface area contributed by atoms with Crippen molar-refractivity contribution in [1.82, 2.24) is 0 Å². The summed E-state index contributed by atoms with van der Waals surface area (Å²) in [6.07, 6.45) is -0.0958. The molecule has 4 nitrogen and oxygen atoms in total. The summed E-state index contributed by atoms with van der Waals surface area (Å²) in [6.45, 7) is 2.44. The van der Waals surface area contributed by atoms with Crippen molar-refractivity contribution in [3.8, 4) is 0 Å². The first-order valence-electron chi connectivity index (χ1n) is 7.65. The third-order valence-corrected chi connectivity index (χ3v) is 4.40. The fourth-order valence-electron chi connectivity index (χ4n) is 2.47. The smallest absolute Gasteiger partial charge is 0.276 e. The molecule has 0 saturated heterocycles. The molecule has 2 aromatic carbocycles. The van der Waals surface area contributed by atoms with Crippen molar-refractivity contribution in [3.63, 3.8) is 0 Å². The Morgan fingerprint density at radius 1 is 1.25 bits per heavy atom. The lowest BCUT2D eigenvalue weighted by atomic mass is 10.0. The number of amides is 1. The van der Waals surface area contributed by atoms with E-state index in [2.05, 4.69) is 26.2 Å². The van der Waals surface area contributed by atoms with Crippen LogP contribution in [0.4, 0.5) is 5.69 Å². The summed E-state index contributed by atoms with van der Waals surface area (Å²) in [5.74, 6) is -0.283. The Hall–Kier alpha value is -1.69. The van der Waals surface area contributed by atoms with Crippen molar-refractivity contribution in [2.24, 2.45) is 4.99 Å². The molecule has 0 spiro atoms. The predicted molar refractivity (Wildman–Crippen MR) is 99.9 cm³/mol. The maximum Gasteiger partial charge on any atom is 0.276 e. The van der Waals surface area contributed by atoms with Crippen LogP contribution in [0.3, 0.4) is 0 Å². The van der Waals surface area contributed by atoms with Gasteiger partial charge in [-0.25, -0.2) is 4.99 Å². The average molecular weight is 408 g/mol. The largest absolute Gasteiger partial charge is 0.348 e. The van der Waals surface area contributed by atoms with E-state index in [0.717, 1.165) is 22.0 Å². The zero-order chi connectivity index (χ0) is 17.1. The summed E-state index contributed by atoms with van der Waals surface area (Å²) in [4.78, 5) is 17.0. The Labute approximate surface area is 154 Å². The van der Waals surface area contributed by atoms with E-state index in [0.29, 0.717) is 23.0 Å². The lowest BCUT2D eigenvalue weighted by molar-refractivity contribution is -0.126. The molecule has 3 rings (SSSR count).